The highest BCUT2D eigenvalue weighted by Crippen LogP contribution is 2.32. The van der Waals surface area contributed by atoms with Gasteiger partial charge in [0.05, 0.1) is 11.6 Å². The largest absolute Gasteiger partial charge is 0.480 e. The molecular weight excluding hydrogens is 355 g/mol. The Kier molecular flexibility index (Phi) is 5.45. The maximum absolute atomic E-state index is 11.9. The number of ether oxygens (including phenoxy) is 4. The van der Waals surface area contributed by atoms with E-state index < -0.39 is 5.97 Å². The summed E-state index contributed by atoms with van der Waals surface area (Å²) in [7, 11) is 0. The number of esters is 1. The van der Waals surface area contributed by atoms with Gasteiger partial charge < -0.3 is 18.9 Å². The molecule has 0 amide bonds. The van der Waals surface area contributed by atoms with Crippen LogP contribution in [0.15, 0.2) is 36.4 Å². The van der Waals surface area contributed by atoms with Crippen molar-refractivity contribution < 1.29 is 23.7 Å². The number of hydrogen-bond donors (Lipinski definition) is 0. The second-order valence-corrected chi connectivity index (χ2v) is 5.89. The molecule has 0 spiro atoms. The van der Waals surface area contributed by atoms with Crippen LogP contribution < -0.4 is 9.47 Å². The second kappa shape index (κ2) is 7.75. The lowest BCUT2D eigenvalue weighted by Crippen LogP contribution is -2.17. The third-order valence-corrected chi connectivity index (χ3v) is 3.85. The van der Waals surface area contributed by atoms with Gasteiger partial charge in [-0.15, -0.1) is 0 Å². The fourth-order valence-corrected chi connectivity index (χ4v) is 2.72. The predicted molar refractivity (Wildman–Crippen MR) is 88.5 cm³/mol. The van der Waals surface area contributed by atoms with Crippen molar-refractivity contribution in [1.82, 2.24) is 0 Å². The predicted octanol–water partition coefficient (Wildman–Crippen LogP) is 3.98. The first-order chi connectivity index (χ1) is 11.6. The molecule has 0 aromatic heterocycles. The molecule has 0 N–H and O–H groups in total. The molecule has 5 nitrogen and oxygen atoms in total. The molecule has 0 aliphatic carbocycles. The molecule has 7 heteroatoms. The molecule has 1 heterocycles. The monoisotopic (exact) mass is 368 g/mol. The second-order valence-electron chi connectivity index (χ2n) is 5.04. The van der Waals surface area contributed by atoms with E-state index in [2.05, 4.69) is 0 Å². The summed E-state index contributed by atoms with van der Waals surface area (Å²) in [4.78, 5) is 11.9. The zero-order chi connectivity index (χ0) is 16.9. The van der Waals surface area contributed by atoms with Gasteiger partial charge in [-0.1, -0.05) is 35.3 Å². The fraction of sp³-hybridized carbons (Fsp3) is 0.235. The summed E-state index contributed by atoms with van der Waals surface area (Å²) < 4.78 is 21.2. The Balaban J connectivity index is 1.59. The lowest BCUT2D eigenvalue weighted by atomic mass is 10.1. The van der Waals surface area contributed by atoms with Gasteiger partial charge in [-0.3, -0.25) is 0 Å². The molecule has 1 aliphatic heterocycles. The van der Waals surface area contributed by atoms with Gasteiger partial charge in [0.1, 0.15) is 18.1 Å². The first kappa shape index (κ1) is 16.9. The van der Waals surface area contributed by atoms with Gasteiger partial charge in [0.15, 0.2) is 13.4 Å². The van der Waals surface area contributed by atoms with Gasteiger partial charge in [-0.05, 0) is 24.3 Å². The van der Waals surface area contributed by atoms with Crippen molar-refractivity contribution >= 4 is 29.2 Å². The first-order valence-corrected chi connectivity index (χ1v) is 7.94. The summed E-state index contributed by atoms with van der Waals surface area (Å²) in [5, 5.41) is 0.962. The van der Waals surface area contributed by atoms with Crippen molar-refractivity contribution in [2.45, 2.75) is 13.2 Å². The lowest BCUT2D eigenvalue weighted by molar-refractivity contribution is -0.147. The fourth-order valence-electron chi connectivity index (χ4n) is 2.26. The molecule has 2 aromatic carbocycles. The normalized spacial score (nSPS) is 12.9. The van der Waals surface area contributed by atoms with Crippen LogP contribution in [0.1, 0.15) is 11.1 Å². The van der Waals surface area contributed by atoms with Gasteiger partial charge in [-0.25, -0.2) is 4.79 Å². The average molecular weight is 369 g/mol. The van der Waals surface area contributed by atoms with Crippen molar-refractivity contribution in [3.8, 4) is 11.5 Å². The number of fused-ring (bicyclic) bond motifs is 1. The molecule has 0 radical (unpaired) electrons. The van der Waals surface area contributed by atoms with E-state index in [4.69, 9.17) is 42.1 Å². The van der Waals surface area contributed by atoms with Crippen LogP contribution >= 0.6 is 23.2 Å². The van der Waals surface area contributed by atoms with E-state index in [1.54, 1.807) is 36.4 Å². The summed E-state index contributed by atoms with van der Waals surface area (Å²) in [6.07, 6.45) is 0. The van der Waals surface area contributed by atoms with Crippen molar-refractivity contribution in [2.75, 3.05) is 13.4 Å². The highest BCUT2D eigenvalue weighted by molar-refractivity contribution is 6.32. The zero-order valence-electron chi connectivity index (χ0n) is 12.6. The van der Waals surface area contributed by atoms with Crippen LogP contribution in [0, 0.1) is 0 Å². The molecule has 126 valence electrons. The van der Waals surface area contributed by atoms with Gasteiger partial charge in [0.2, 0.25) is 0 Å². The smallest absolute Gasteiger partial charge is 0.344 e. The minimum absolute atomic E-state index is 0.0353. The lowest BCUT2D eigenvalue weighted by Gasteiger charge is -2.21. The Hall–Kier alpha value is -1.95. The van der Waals surface area contributed by atoms with E-state index in [1.165, 1.54) is 0 Å². The Morgan fingerprint density at radius 2 is 2.04 bits per heavy atom. The SMILES string of the molecule is O=C(COc1ccccc1Cl)OCc1cc(Cl)cc2c1OCOC2. The molecule has 0 atom stereocenters. The topological polar surface area (TPSA) is 54.0 Å². The summed E-state index contributed by atoms with van der Waals surface area (Å²) in [6.45, 7) is 0.363. The first-order valence-electron chi connectivity index (χ1n) is 7.18. The van der Waals surface area contributed by atoms with Gasteiger partial charge >= 0.3 is 5.97 Å². The van der Waals surface area contributed by atoms with Crippen molar-refractivity contribution in [3.05, 3.63) is 57.6 Å². The molecule has 0 unspecified atom stereocenters. The number of carbonyl (C=O) groups is 1. The highest BCUT2D eigenvalue weighted by Gasteiger charge is 2.17. The average Bonchev–Trinajstić information content (AvgIpc) is 2.58. The van der Waals surface area contributed by atoms with Gasteiger partial charge in [0, 0.05) is 16.1 Å². The Morgan fingerprint density at radius 1 is 1.21 bits per heavy atom. The molecule has 0 saturated carbocycles. The number of para-hydroxylation sites is 1. The van der Waals surface area contributed by atoms with Crippen LogP contribution in [0.2, 0.25) is 10.0 Å². The Labute approximate surface area is 149 Å². The van der Waals surface area contributed by atoms with E-state index in [0.29, 0.717) is 33.7 Å². The number of rotatable bonds is 5. The van der Waals surface area contributed by atoms with E-state index in [9.17, 15) is 4.79 Å². The third-order valence-electron chi connectivity index (χ3n) is 3.32. The number of benzene rings is 2. The Morgan fingerprint density at radius 3 is 2.88 bits per heavy atom. The minimum atomic E-state index is -0.518. The van der Waals surface area contributed by atoms with Gasteiger partial charge in [0.25, 0.3) is 0 Å². The minimum Gasteiger partial charge on any atom is -0.480 e. The molecule has 0 bridgehead atoms. The molecular formula is C17H14Cl2O5. The van der Waals surface area contributed by atoms with E-state index in [1.807, 2.05) is 0 Å². The molecule has 2 aromatic rings. The summed E-state index contributed by atoms with van der Waals surface area (Å²) in [5.74, 6) is 0.554. The molecule has 0 saturated heterocycles. The quantitative estimate of drug-likeness (QED) is 0.747. The summed E-state index contributed by atoms with van der Waals surface area (Å²) >= 11 is 12.0. The third kappa shape index (κ3) is 4.12. The number of hydrogen-bond acceptors (Lipinski definition) is 5. The van der Waals surface area contributed by atoms with Crippen LogP contribution in [0.3, 0.4) is 0 Å². The number of carbonyl (C=O) groups excluding carboxylic acids is 1. The van der Waals surface area contributed by atoms with Crippen molar-refractivity contribution in [1.29, 1.82) is 0 Å². The van der Waals surface area contributed by atoms with Crippen molar-refractivity contribution in [2.24, 2.45) is 0 Å². The van der Waals surface area contributed by atoms with E-state index in [0.717, 1.165) is 5.56 Å². The van der Waals surface area contributed by atoms with Crippen LogP contribution in [0.25, 0.3) is 0 Å². The van der Waals surface area contributed by atoms with Crippen molar-refractivity contribution in [3.63, 3.8) is 0 Å². The zero-order valence-corrected chi connectivity index (χ0v) is 14.1. The number of halogens is 2. The van der Waals surface area contributed by atoms with Gasteiger partial charge in [-0.2, -0.15) is 0 Å². The van der Waals surface area contributed by atoms with E-state index >= 15 is 0 Å². The van der Waals surface area contributed by atoms with Crippen LogP contribution in [0.5, 0.6) is 11.5 Å². The maximum Gasteiger partial charge on any atom is 0.344 e. The van der Waals surface area contributed by atoms with Crippen LogP contribution in [0.4, 0.5) is 0 Å². The standard InChI is InChI=1S/C17H14Cl2O5/c18-13-5-11-7-21-10-24-17(11)12(6-13)8-23-16(20)9-22-15-4-2-1-3-14(15)19/h1-6H,7-10H2. The maximum atomic E-state index is 11.9. The summed E-state index contributed by atoms with van der Waals surface area (Å²) in [6, 6.07) is 10.4. The van der Waals surface area contributed by atoms with Crippen LogP contribution in [-0.2, 0) is 27.5 Å². The molecule has 3 rings (SSSR count). The molecule has 1 aliphatic rings. The molecule has 24 heavy (non-hydrogen) atoms. The van der Waals surface area contributed by atoms with E-state index in [-0.39, 0.29) is 20.0 Å². The Bertz CT molecular complexity index is 748. The molecule has 0 fully saturated rings. The highest BCUT2D eigenvalue weighted by atomic mass is 35.5. The summed E-state index contributed by atoms with van der Waals surface area (Å²) in [5.41, 5.74) is 1.51. The van der Waals surface area contributed by atoms with Crippen LogP contribution in [-0.4, -0.2) is 19.4 Å².